The zero-order valence-corrected chi connectivity index (χ0v) is 21.6. The van der Waals surface area contributed by atoms with Gasteiger partial charge in [0.2, 0.25) is 0 Å². The van der Waals surface area contributed by atoms with Gasteiger partial charge in [-0.05, 0) is 55.5 Å². The third-order valence-corrected chi connectivity index (χ3v) is 6.55. The van der Waals surface area contributed by atoms with Crippen molar-refractivity contribution >= 4 is 46.4 Å². The van der Waals surface area contributed by atoms with Crippen molar-refractivity contribution in [3.05, 3.63) is 70.7 Å². The Morgan fingerprint density at radius 2 is 1.95 bits per heavy atom. The molecule has 0 spiro atoms. The minimum atomic E-state index is -0.478. The molecule has 1 fully saturated rings. The molecule has 2 amide bonds. The summed E-state index contributed by atoms with van der Waals surface area (Å²) in [4.78, 5) is 38.9. The highest BCUT2D eigenvalue weighted by Crippen LogP contribution is 2.28. The number of piperidine rings is 1. The van der Waals surface area contributed by atoms with E-state index in [1.807, 2.05) is 24.3 Å². The molecule has 1 unspecified atom stereocenters. The number of aromatic hydroxyl groups is 1. The van der Waals surface area contributed by atoms with E-state index in [-0.39, 0.29) is 40.7 Å². The maximum Gasteiger partial charge on any atom is 0.310 e. The summed E-state index contributed by atoms with van der Waals surface area (Å²) in [5.41, 5.74) is 3.43. The molecule has 1 atom stereocenters. The van der Waals surface area contributed by atoms with Gasteiger partial charge in [-0.2, -0.15) is 5.10 Å². The monoisotopic (exact) mass is 537 g/mol. The summed E-state index contributed by atoms with van der Waals surface area (Å²) in [5.74, 6) is -0.817. The highest BCUT2D eigenvalue weighted by molar-refractivity contribution is 6.32. The lowest BCUT2D eigenvalue weighted by Crippen LogP contribution is -2.44. The third-order valence-electron chi connectivity index (χ3n) is 6.24. The third kappa shape index (κ3) is 6.41. The van der Waals surface area contributed by atoms with Gasteiger partial charge in [-0.25, -0.2) is 5.43 Å². The zero-order valence-electron chi connectivity index (χ0n) is 20.9. The molecule has 1 saturated heterocycles. The lowest BCUT2D eigenvalue weighted by molar-refractivity contribution is -0.151. The molecule has 10 heteroatoms. The largest absolute Gasteiger partial charge is 0.506 e. The normalized spacial score (nSPS) is 15.4. The Hall–Kier alpha value is -4.11. The summed E-state index contributed by atoms with van der Waals surface area (Å²) in [6, 6.07) is 15.2. The average Bonchev–Trinajstić information content (AvgIpc) is 2.93. The Morgan fingerprint density at radius 3 is 2.71 bits per heavy atom. The molecular weight excluding hydrogens is 510 g/mol. The second-order valence-electron chi connectivity index (χ2n) is 8.78. The fourth-order valence-electron chi connectivity index (χ4n) is 4.29. The number of esters is 1. The van der Waals surface area contributed by atoms with Crippen LogP contribution in [0.4, 0.5) is 0 Å². The van der Waals surface area contributed by atoms with Crippen LogP contribution in [-0.2, 0) is 14.3 Å². The minimum Gasteiger partial charge on any atom is -0.506 e. The molecule has 2 N–H and O–H groups in total. The first-order chi connectivity index (χ1) is 18.4. The molecular formula is C28H28ClN3O6. The molecule has 38 heavy (non-hydrogen) atoms. The molecule has 198 valence electrons. The fourth-order valence-corrected chi connectivity index (χ4v) is 4.47. The molecule has 4 rings (SSSR count). The second-order valence-corrected chi connectivity index (χ2v) is 9.19. The van der Waals surface area contributed by atoms with Gasteiger partial charge in [0.05, 0.1) is 23.8 Å². The minimum absolute atomic E-state index is 0.0702. The number of hydrazone groups is 1. The summed E-state index contributed by atoms with van der Waals surface area (Å²) >= 11 is 5.87. The standard InChI is InChI=1S/C28H28ClN3O6/c1-2-37-28(36)20-6-5-13-32(16-20)26(34)17-38-25-12-10-19(21-7-3-4-8-22(21)25)15-30-31-27(35)18-9-11-24(33)23(29)14-18/h3-4,7-12,14-15,20,33H,2,5-6,13,16-17H2,1H3,(H,31,35). The van der Waals surface area contributed by atoms with E-state index in [1.165, 1.54) is 24.4 Å². The topological polar surface area (TPSA) is 118 Å². The Kier molecular flexibility index (Phi) is 8.81. The fraction of sp³-hybridized carbons (Fsp3) is 0.286. The summed E-state index contributed by atoms with van der Waals surface area (Å²) in [7, 11) is 0. The van der Waals surface area contributed by atoms with Gasteiger partial charge in [0.1, 0.15) is 11.5 Å². The van der Waals surface area contributed by atoms with Crippen LogP contribution in [0.25, 0.3) is 10.8 Å². The highest BCUT2D eigenvalue weighted by Gasteiger charge is 2.29. The van der Waals surface area contributed by atoms with Gasteiger partial charge in [0.25, 0.3) is 11.8 Å². The summed E-state index contributed by atoms with van der Waals surface area (Å²) in [6.45, 7) is 2.84. The SMILES string of the molecule is CCOC(=O)C1CCCN(C(=O)COc2ccc(C=NNC(=O)c3ccc(O)c(Cl)c3)c3ccccc23)C1. The summed E-state index contributed by atoms with van der Waals surface area (Å²) < 4.78 is 11.0. The van der Waals surface area contributed by atoms with Crippen molar-refractivity contribution < 1.29 is 29.0 Å². The van der Waals surface area contributed by atoms with Crippen LogP contribution in [0.5, 0.6) is 11.5 Å². The Balaban J connectivity index is 1.41. The van der Waals surface area contributed by atoms with Crippen molar-refractivity contribution in [2.45, 2.75) is 19.8 Å². The van der Waals surface area contributed by atoms with Gasteiger partial charge in [-0.15, -0.1) is 0 Å². The van der Waals surface area contributed by atoms with Crippen molar-refractivity contribution in [1.29, 1.82) is 0 Å². The number of carbonyl (C=O) groups is 3. The number of rotatable bonds is 8. The molecule has 9 nitrogen and oxygen atoms in total. The molecule has 0 bridgehead atoms. The number of hydrogen-bond donors (Lipinski definition) is 2. The summed E-state index contributed by atoms with van der Waals surface area (Å²) in [6.07, 6.45) is 2.96. The lowest BCUT2D eigenvalue weighted by Gasteiger charge is -2.31. The molecule has 1 aliphatic heterocycles. The molecule has 0 aromatic heterocycles. The number of phenolic OH excluding ortho intramolecular Hbond substituents is 1. The van der Waals surface area contributed by atoms with Gasteiger partial charge in [-0.1, -0.05) is 35.9 Å². The molecule has 3 aromatic rings. The number of phenols is 1. The quantitative estimate of drug-likeness (QED) is 0.253. The van der Waals surface area contributed by atoms with Crippen molar-refractivity contribution in [3.63, 3.8) is 0 Å². The lowest BCUT2D eigenvalue weighted by atomic mass is 9.98. The maximum absolute atomic E-state index is 12.8. The number of carbonyl (C=O) groups excluding carboxylic acids is 3. The van der Waals surface area contributed by atoms with Crippen LogP contribution in [0.3, 0.4) is 0 Å². The van der Waals surface area contributed by atoms with Gasteiger partial charge in [0, 0.05) is 29.6 Å². The first-order valence-corrected chi connectivity index (χ1v) is 12.7. The van der Waals surface area contributed by atoms with Crippen LogP contribution in [0.2, 0.25) is 5.02 Å². The first kappa shape index (κ1) is 26.9. The Bertz CT molecular complexity index is 1380. The first-order valence-electron chi connectivity index (χ1n) is 12.3. The molecule has 0 aliphatic carbocycles. The number of benzene rings is 3. The molecule has 1 aliphatic rings. The number of nitrogens with zero attached hydrogens (tertiary/aromatic N) is 2. The van der Waals surface area contributed by atoms with E-state index in [4.69, 9.17) is 21.1 Å². The molecule has 0 radical (unpaired) electrons. The number of likely N-dealkylation sites (tertiary alicyclic amines) is 1. The zero-order chi connectivity index (χ0) is 27.1. The maximum atomic E-state index is 12.8. The van der Waals surface area contributed by atoms with Crippen LogP contribution < -0.4 is 10.2 Å². The predicted octanol–water partition coefficient (Wildman–Crippen LogP) is 4.14. The van der Waals surface area contributed by atoms with Crippen molar-refractivity contribution in [1.82, 2.24) is 10.3 Å². The van der Waals surface area contributed by atoms with Gasteiger partial charge >= 0.3 is 5.97 Å². The Morgan fingerprint density at radius 1 is 1.16 bits per heavy atom. The van der Waals surface area contributed by atoms with E-state index in [1.54, 1.807) is 24.0 Å². The summed E-state index contributed by atoms with van der Waals surface area (Å²) in [5, 5.41) is 15.2. The van der Waals surface area contributed by atoms with E-state index in [9.17, 15) is 19.5 Å². The average molecular weight is 538 g/mol. The van der Waals surface area contributed by atoms with E-state index in [0.29, 0.717) is 31.9 Å². The number of amides is 2. The van der Waals surface area contributed by atoms with E-state index in [0.717, 1.165) is 22.8 Å². The second kappa shape index (κ2) is 12.4. The van der Waals surface area contributed by atoms with Crippen molar-refractivity contribution in [2.75, 3.05) is 26.3 Å². The molecule has 0 saturated carbocycles. The van der Waals surface area contributed by atoms with Crippen molar-refractivity contribution in [2.24, 2.45) is 11.0 Å². The Labute approximate surface area is 225 Å². The van der Waals surface area contributed by atoms with Crippen LogP contribution in [0.15, 0.2) is 59.7 Å². The van der Waals surface area contributed by atoms with Crippen LogP contribution in [-0.4, -0.2) is 60.3 Å². The van der Waals surface area contributed by atoms with E-state index >= 15 is 0 Å². The number of hydrogen-bond acceptors (Lipinski definition) is 7. The number of halogens is 1. The van der Waals surface area contributed by atoms with Crippen LogP contribution >= 0.6 is 11.6 Å². The van der Waals surface area contributed by atoms with Gasteiger partial charge in [0.15, 0.2) is 6.61 Å². The number of nitrogens with one attached hydrogen (secondary N) is 1. The molecule has 3 aromatic carbocycles. The molecule has 1 heterocycles. The van der Waals surface area contributed by atoms with Crippen LogP contribution in [0, 0.1) is 5.92 Å². The number of fused-ring (bicyclic) bond motifs is 1. The van der Waals surface area contributed by atoms with Crippen LogP contribution in [0.1, 0.15) is 35.7 Å². The van der Waals surface area contributed by atoms with Gasteiger partial charge in [-0.3, -0.25) is 14.4 Å². The predicted molar refractivity (Wildman–Crippen MR) is 144 cm³/mol. The van der Waals surface area contributed by atoms with E-state index < -0.39 is 5.91 Å². The smallest absolute Gasteiger partial charge is 0.310 e. The van der Waals surface area contributed by atoms with Crippen molar-refractivity contribution in [3.8, 4) is 11.5 Å². The van der Waals surface area contributed by atoms with E-state index in [2.05, 4.69) is 10.5 Å². The number of ether oxygens (including phenoxy) is 2. The highest BCUT2D eigenvalue weighted by atomic mass is 35.5. The van der Waals surface area contributed by atoms with Gasteiger partial charge < -0.3 is 19.5 Å².